The summed E-state index contributed by atoms with van der Waals surface area (Å²) in [5, 5.41) is 0. The van der Waals surface area contributed by atoms with Gasteiger partial charge in [0.05, 0.1) is 26.4 Å². The number of carbonyl (C=O) groups is 2. The van der Waals surface area contributed by atoms with E-state index in [1.165, 1.54) is 0 Å². The molecular formula is C17H22O6. The fourth-order valence-electron chi connectivity index (χ4n) is 1.50. The first-order valence-electron chi connectivity index (χ1n) is 7.29. The van der Waals surface area contributed by atoms with Crippen LogP contribution in [0.4, 0.5) is 0 Å². The monoisotopic (exact) mass is 322 g/mol. The number of esters is 1. The second-order valence-electron chi connectivity index (χ2n) is 4.68. The van der Waals surface area contributed by atoms with Crippen LogP contribution in [0.2, 0.25) is 0 Å². The number of benzene rings is 1. The van der Waals surface area contributed by atoms with E-state index in [4.69, 9.17) is 18.9 Å². The van der Waals surface area contributed by atoms with Crippen LogP contribution in [0.5, 0.6) is 5.75 Å². The molecular weight excluding hydrogens is 300 g/mol. The van der Waals surface area contributed by atoms with Gasteiger partial charge in [-0.15, -0.1) is 0 Å². The van der Waals surface area contributed by atoms with Crippen LogP contribution in [0.25, 0.3) is 0 Å². The number of hydrogen-bond acceptors (Lipinski definition) is 6. The molecule has 0 aliphatic rings. The molecule has 0 fully saturated rings. The molecule has 0 heterocycles. The van der Waals surface area contributed by atoms with Crippen LogP contribution in [0.1, 0.15) is 17.3 Å². The van der Waals surface area contributed by atoms with Gasteiger partial charge in [-0.05, 0) is 31.2 Å². The Bertz CT molecular complexity index is 494. The lowest BCUT2D eigenvalue weighted by Gasteiger charge is -2.08. The number of aldehydes is 1. The molecule has 23 heavy (non-hydrogen) atoms. The van der Waals surface area contributed by atoms with E-state index in [1.54, 1.807) is 31.2 Å². The smallest absolute Gasteiger partial charge is 0.333 e. The summed E-state index contributed by atoms with van der Waals surface area (Å²) in [6, 6.07) is 6.85. The van der Waals surface area contributed by atoms with Gasteiger partial charge in [0.2, 0.25) is 0 Å². The zero-order valence-corrected chi connectivity index (χ0v) is 13.3. The van der Waals surface area contributed by atoms with Crippen LogP contribution in [-0.2, 0) is 19.0 Å². The SMILES string of the molecule is C=C(C)C(=O)OCCOCCOCCOc1ccc(C=O)cc1. The van der Waals surface area contributed by atoms with Crippen LogP contribution in [0, 0.1) is 0 Å². The van der Waals surface area contributed by atoms with Crippen molar-refractivity contribution < 1.29 is 28.5 Å². The standard InChI is InChI=1S/C17H22O6/c1-14(2)17(19)23-12-10-21-8-7-20-9-11-22-16-5-3-15(13-18)4-6-16/h3-6,13H,1,7-12H2,2H3. The predicted octanol–water partition coefficient (Wildman–Crippen LogP) is 2.03. The molecule has 0 unspecified atom stereocenters. The van der Waals surface area contributed by atoms with E-state index in [1.807, 2.05) is 0 Å². The minimum absolute atomic E-state index is 0.200. The molecule has 0 saturated heterocycles. The molecule has 1 rings (SSSR count). The summed E-state index contributed by atoms with van der Waals surface area (Å²) in [5.41, 5.74) is 0.980. The highest BCUT2D eigenvalue weighted by Crippen LogP contribution is 2.10. The average molecular weight is 322 g/mol. The second-order valence-corrected chi connectivity index (χ2v) is 4.68. The summed E-state index contributed by atoms with van der Waals surface area (Å²) < 4.78 is 20.9. The lowest BCUT2D eigenvalue weighted by molar-refractivity contribution is -0.140. The Morgan fingerprint density at radius 3 is 2.13 bits per heavy atom. The van der Waals surface area contributed by atoms with Gasteiger partial charge < -0.3 is 18.9 Å². The van der Waals surface area contributed by atoms with Crippen LogP contribution in [-0.4, -0.2) is 51.9 Å². The molecule has 0 N–H and O–H groups in total. The van der Waals surface area contributed by atoms with Gasteiger partial charge >= 0.3 is 5.97 Å². The van der Waals surface area contributed by atoms with Gasteiger partial charge in [0, 0.05) is 11.1 Å². The summed E-state index contributed by atoms with van der Waals surface area (Å²) in [4.78, 5) is 21.6. The molecule has 0 spiro atoms. The summed E-state index contributed by atoms with van der Waals surface area (Å²) >= 11 is 0. The minimum Gasteiger partial charge on any atom is -0.491 e. The van der Waals surface area contributed by atoms with E-state index in [0.29, 0.717) is 49.9 Å². The maximum Gasteiger partial charge on any atom is 0.333 e. The first-order valence-corrected chi connectivity index (χ1v) is 7.29. The molecule has 6 nitrogen and oxygen atoms in total. The van der Waals surface area contributed by atoms with Crippen molar-refractivity contribution in [3.63, 3.8) is 0 Å². The molecule has 0 radical (unpaired) electrons. The van der Waals surface area contributed by atoms with Gasteiger partial charge in [0.1, 0.15) is 25.2 Å². The Morgan fingerprint density at radius 1 is 1.00 bits per heavy atom. The first-order chi connectivity index (χ1) is 11.1. The molecule has 1 aromatic carbocycles. The van der Waals surface area contributed by atoms with Crippen molar-refractivity contribution in [3.8, 4) is 5.75 Å². The number of hydrogen-bond donors (Lipinski definition) is 0. The third-order valence-electron chi connectivity index (χ3n) is 2.69. The van der Waals surface area contributed by atoms with E-state index in [9.17, 15) is 9.59 Å². The number of rotatable bonds is 12. The van der Waals surface area contributed by atoms with Gasteiger partial charge in [-0.2, -0.15) is 0 Å². The third kappa shape index (κ3) is 8.75. The molecule has 0 atom stereocenters. The van der Waals surface area contributed by atoms with Crippen molar-refractivity contribution >= 4 is 12.3 Å². The van der Waals surface area contributed by atoms with Crippen molar-refractivity contribution in [1.29, 1.82) is 0 Å². The molecule has 0 amide bonds. The van der Waals surface area contributed by atoms with Crippen LogP contribution < -0.4 is 4.74 Å². The van der Waals surface area contributed by atoms with Crippen molar-refractivity contribution in [3.05, 3.63) is 42.0 Å². The maximum absolute atomic E-state index is 11.1. The van der Waals surface area contributed by atoms with Crippen LogP contribution in [0.3, 0.4) is 0 Å². The largest absolute Gasteiger partial charge is 0.491 e. The quantitative estimate of drug-likeness (QED) is 0.254. The summed E-state index contributed by atoms with van der Waals surface area (Å²) in [5.74, 6) is 0.276. The molecule has 0 bridgehead atoms. The fourth-order valence-corrected chi connectivity index (χ4v) is 1.50. The normalized spacial score (nSPS) is 10.1. The number of carbonyl (C=O) groups excluding carboxylic acids is 2. The van der Waals surface area contributed by atoms with Crippen molar-refractivity contribution in [2.45, 2.75) is 6.92 Å². The summed E-state index contributed by atoms with van der Waals surface area (Å²) in [6.45, 7) is 7.29. The zero-order chi connectivity index (χ0) is 16.9. The number of ether oxygens (including phenoxy) is 4. The average Bonchev–Trinajstić information content (AvgIpc) is 2.56. The first kappa shape index (κ1) is 18.9. The fraction of sp³-hybridized carbons (Fsp3) is 0.412. The predicted molar refractivity (Wildman–Crippen MR) is 84.7 cm³/mol. The summed E-state index contributed by atoms with van der Waals surface area (Å²) in [7, 11) is 0. The maximum atomic E-state index is 11.1. The zero-order valence-electron chi connectivity index (χ0n) is 13.3. The van der Waals surface area contributed by atoms with Gasteiger partial charge in [0.25, 0.3) is 0 Å². The van der Waals surface area contributed by atoms with E-state index in [-0.39, 0.29) is 6.61 Å². The lowest BCUT2D eigenvalue weighted by Crippen LogP contribution is -2.14. The molecule has 0 saturated carbocycles. The molecule has 0 aromatic heterocycles. The van der Waals surface area contributed by atoms with E-state index in [0.717, 1.165) is 6.29 Å². The minimum atomic E-state index is -0.414. The highest BCUT2D eigenvalue weighted by molar-refractivity contribution is 5.86. The molecule has 0 aliphatic heterocycles. The lowest BCUT2D eigenvalue weighted by atomic mass is 10.2. The molecule has 0 aliphatic carbocycles. The Kier molecular flexibility index (Phi) is 9.35. The van der Waals surface area contributed by atoms with E-state index in [2.05, 4.69) is 6.58 Å². The van der Waals surface area contributed by atoms with Crippen LogP contribution >= 0.6 is 0 Å². The van der Waals surface area contributed by atoms with Gasteiger partial charge in [-0.1, -0.05) is 6.58 Å². The van der Waals surface area contributed by atoms with Gasteiger partial charge in [-0.3, -0.25) is 4.79 Å². The van der Waals surface area contributed by atoms with Crippen molar-refractivity contribution in [2.24, 2.45) is 0 Å². The van der Waals surface area contributed by atoms with E-state index < -0.39 is 5.97 Å². The highest BCUT2D eigenvalue weighted by atomic mass is 16.6. The Morgan fingerprint density at radius 2 is 1.57 bits per heavy atom. The Hall–Kier alpha value is -2.18. The third-order valence-corrected chi connectivity index (χ3v) is 2.69. The molecule has 126 valence electrons. The Labute approximate surface area is 136 Å². The highest BCUT2D eigenvalue weighted by Gasteiger charge is 2.01. The van der Waals surface area contributed by atoms with Gasteiger partial charge in [0.15, 0.2) is 0 Å². The van der Waals surface area contributed by atoms with Crippen molar-refractivity contribution in [1.82, 2.24) is 0 Å². The molecule has 1 aromatic rings. The Balaban J connectivity index is 1.92. The van der Waals surface area contributed by atoms with Crippen molar-refractivity contribution in [2.75, 3.05) is 39.6 Å². The van der Waals surface area contributed by atoms with Gasteiger partial charge in [-0.25, -0.2) is 4.79 Å². The topological polar surface area (TPSA) is 71.1 Å². The second kappa shape index (κ2) is 11.4. The summed E-state index contributed by atoms with van der Waals surface area (Å²) in [6.07, 6.45) is 0.784. The van der Waals surface area contributed by atoms with Crippen LogP contribution in [0.15, 0.2) is 36.4 Å². The molecule has 6 heteroatoms. The van der Waals surface area contributed by atoms with E-state index >= 15 is 0 Å².